The number of benzene rings is 1. The maximum Gasteiger partial charge on any atom is 0.335 e. The predicted molar refractivity (Wildman–Crippen MR) is 51.1 cm³/mol. The van der Waals surface area contributed by atoms with Crippen LogP contribution < -0.4 is 0 Å². The van der Waals surface area contributed by atoms with E-state index in [9.17, 15) is 9.18 Å². The molecule has 0 aliphatic heterocycles. The van der Waals surface area contributed by atoms with Crippen LogP contribution in [0.1, 0.15) is 10.4 Å². The fourth-order valence-electron chi connectivity index (χ4n) is 1.28. The molecule has 15 heavy (non-hydrogen) atoms. The maximum absolute atomic E-state index is 13.5. The molecule has 0 bridgehead atoms. The zero-order valence-electron chi connectivity index (χ0n) is 7.61. The van der Waals surface area contributed by atoms with Crippen LogP contribution in [-0.4, -0.2) is 11.1 Å². The van der Waals surface area contributed by atoms with Crippen LogP contribution in [0.5, 0.6) is 0 Å². The van der Waals surface area contributed by atoms with E-state index in [0.717, 1.165) is 6.07 Å². The summed E-state index contributed by atoms with van der Waals surface area (Å²) in [7, 11) is 0. The third-order valence-electron chi connectivity index (χ3n) is 2.00. The van der Waals surface area contributed by atoms with Crippen molar-refractivity contribution in [2.45, 2.75) is 0 Å². The molecular weight excluding hydrogens is 199 g/mol. The smallest absolute Gasteiger partial charge is 0.335 e. The number of carboxylic acids is 1. The molecule has 1 heterocycles. The van der Waals surface area contributed by atoms with Crippen LogP contribution >= 0.6 is 0 Å². The minimum Gasteiger partial charge on any atom is -0.478 e. The molecule has 0 fully saturated rings. The fraction of sp³-hybridized carbons (Fsp3) is 0. The van der Waals surface area contributed by atoms with Gasteiger partial charge in [0.05, 0.1) is 17.4 Å². The quantitative estimate of drug-likeness (QED) is 0.821. The van der Waals surface area contributed by atoms with Gasteiger partial charge < -0.3 is 9.52 Å². The van der Waals surface area contributed by atoms with E-state index >= 15 is 0 Å². The average Bonchev–Trinajstić information content (AvgIpc) is 2.70. The summed E-state index contributed by atoms with van der Waals surface area (Å²) in [6.45, 7) is 0. The highest BCUT2D eigenvalue weighted by Gasteiger charge is 2.11. The van der Waals surface area contributed by atoms with Crippen molar-refractivity contribution < 1.29 is 18.7 Å². The van der Waals surface area contributed by atoms with Crippen LogP contribution in [0.25, 0.3) is 11.3 Å². The number of hydrogen-bond donors (Lipinski definition) is 1. The van der Waals surface area contributed by atoms with E-state index in [2.05, 4.69) is 0 Å². The summed E-state index contributed by atoms with van der Waals surface area (Å²) in [6, 6.07) is 6.94. The first-order valence-corrected chi connectivity index (χ1v) is 4.25. The van der Waals surface area contributed by atoms with Gasteiger partial charge in [0, 0.05) is 0 Å². The van der Waals surface area contributed by atoms with Gasteiger partial charge in [-0.25, -0.2) is 9.18 Å². The number of carboxylic acid groups (broad SMARTS) is 1. The number of rotatable bonds is 2. The molecule has 2 rings (SSSR count). The van der Waals surface area contributed by atoms with Gasteiger partial charge in [0.2, 0.25) is 0 Å². The van der Waals surface area contributed by atoms with Gasteiger partial charge in [0.15, 0.2) is 0 Å². The third-order valence-corrected chi connectivity index (χ3v) is 2.00. The van der Waals surface area contributed by atoms with E-state index in [0.29, 0.717) is 5.76 Å². The van der Waals surface area contributed by atoms with Gasteiger partial charge in [-0.15, -0.1) is 0 Å². The van der Waals surface area contributed by atoms with Gasteiger partial charge in [0.1, 0.15) is 11.6 Å². The minimum atomic E-state index is -1.15. The van der Waals surface area contributed by atoms with Crippen LogP contribution in [0.2, 0.25) is 0 Å². The fourth-order valence-corrected chi connectivity index (χ4v) is 1.28. The summed E-state index contributed by atoms with van der Waals surface area (Å²) in [5, 5.41) is 8.64. The summed E-state index contributed by atoms with van der Waals surface area (Å²) in [6.07, 6.45) is 1.43. The number of aromatic carboxylic acids is 1. The lowest BCUT2D eigenvalue weighted by Crippen LogP contribution is -1.97. The Morgan fingerprint density at radius 1 is 1.33 bits per heavy atom. The molecule has 4 heteroatoms. The third kappa shape index (κ3) is 1.74. The summed E-state index contributed by atoms with van der Waals surface area (Å²) >= 11 is 0. The standard InChI is InChI=1S/C11H7FO3/c12-9-6-7(11(13)14)3-4-8(9)10-2-1-5-15-10/h1-6H,(H,13,14). The van der Waals surface area contributed by atoms with Gasteiger partial charge in [-0.1, -0.05) is 0 Å². The van der Waals surface area contributed by atoms with Crippen LogP contribution in [0, 0.1) is 5.82 Å². The molecule has 1 aromatic heterocycles. The highest BCUT2D eigenvalue weighted by Crippen LogP contribution is 2.23. The number of halogens is 1. The Kier molecular flexibility index (Phi) is 2.25. The Hall–Kier alpha value is -2.10. The van der Waals surface area contributed by atoms with Gasteiger partial charge in [-0.2, -0.15) is 0 Å². The Balaban J connectivity index is 2.48. The monoisotopic (exact) mass is 206 g/mol. The Morgan fingerprint density at radius 3 is 2.67 bits per heavy atom. The molecule has 0 radical (unpaired) electrons. The number of furan rings is 1. The van der Waals surface area contributed by atoms with E-state index in [1.54, 1.807) is 12.1 Å². The second kappa shape index (κ2) is 3.57. The molecule has 0 spiro atoms. The van der Waals surface area contributed by atoms with E-state index in [1.807, 2.05) is 0 Å². The zero-order chi connectivity index (χ0) is 10.8. The molecular formula is C11H7FO3. The first kappa shape index (κ1) is 9.45. The molecule has 1 aromatic carbocycles. The molecule has 76 valence electrons. The molecule has 1 N–H and O–H groups in total. The van der Waals surface area contributed by atoms with Gasteiger partial charge >= 0.3 is 5.97 Å². The topological polar surface area (TPSA) is 50.4 Å². The average molecular weight is 206 g/mol. The summed E-state index contributed by atoms with van der Waals surface area (Å²) in [5.41, 5.74) is 0.174. The van der Waals surface area contributed by atoms with Gasteiger partial charge in [-0.05, 0) is 30.3 Å². The van der Waals surface area contributed by atoms with Crippen molar-refractivity contribution in [3.8, 4) is 11.3 Å². The van der Waals surface area contributed by atoms with Gasteiger partial charge in [0.25, 0.3) is 0 Å². The lowest BCUT2D eigenvalue weighted by molar-refractivity contribution is 0.0696. The van der Waals surface area contributed by atoms with Gasteiger partial charge in [-0.3, -0.25) is 0 Å². The van der Waals surface area contributed by atoms with Crippen molar-refractivity contribution in [2.24, 2.45) is 0 Å². The van der Waals surface area contributed by atoms with Crippen molar-refractivity contribution in [2.75, 3.05) is 0 Å². The molecule has 0 atom stereocenters. The Bertz CT molecular complexity index is 489. The number of hydrogen-bond acceptors (Lipinski definition) is 2. The van der Waals surface area contributed by atoms with Crippen molar-refractivity contribution in [3.05, 3.63) is 48.0 Å². The molecule has 0 saturated carbocycles. The zero-order valence-corrected chi connectivity index (χ0v) is 7.61. The van der Waals surface area contributed by atoms with E-state index in [-0.39, 0.29) is 11.1 Å². The Morgan fingerprint density at radius 2 is 2.13 bits per heavy atom. The molecule has 0 unspecified atom stereocenters. The SMILES string of the molecule is O=C(O)c1ccc(-c2ccco2)c(F)c1. The first-order valence-electron chi connectivity index (χ1n) is 4.25. The van der Waals surface area contributed by atoms with Crippen molar-refractivity contribution in [1.29, 1.82) is 0 Å². The second-order valence-corrected chi connectivity index (χ2v) is 2.98. The van der Waals surface area contributed by atoms with Crippen molar-refractivity contribution in [1.82, 2.24) is 0 Å². The molecule has 0 amide bonds. The predicted octanol–water partition coefficient (Wildman–Crippen LogP) is 2.78. The normalized spacial score (nSPS) is 10.2. The first-order chi connectivity index (χ1) is 7.18. The van der Waals surface area contributed by atoms with Crippen LogP contribution in [0.4, 0.5) is 4.39 Å². The molecule has 0 aliphatic rings. The second-order valence-electron chi connectivity index (χ2n) is 2.98. The summed E-state index contributed by atoms with van der Waals surface area (Å²) in [5.74, 6) is -1.38. The highest BCUT2D eigenvalue weighted by molar-refractivity contribution is 5.88. The summed E-state index contributed by atoms with van der Waals surface area (Å²) < 4.78 is 18.5. The number of carbonyl (C=O) groups is 1. The molecule has 3 nitrogen and oxygen atoms in total. The Labute approximate surface area is 84.8 Å². The van der Waals surface area contributed by atoms with Crippen LogP contribution in [0.15, 0.2) is 41.0 Å². The van der Waals surface area contributed by atoms with Crippen molar-refractivity contribution in [3.63, 3.8) is 0 Å². The lowest BCUT2D eigenvalue weighted by atomic mass is 10.1. The molecule has 2 aromatic rings. The van der Waals surface area contributed by atoms with E-state index in [4.69, 9.17) is 9.52 Å². The molecule has 0 saturated heterocycles. The van der Waals surface area contributed by atoms with E-state index in [1.165, 1.54) is 18.4 Å². The maximum atomic E-state index is 13.5. The molecule has 0 aliphatic carbocycles. The summed E-state index contributed by atoms with van der Waals surface area (Å²) in [4.78, 5) is 10.6. The lowest BCUT2D eigenvalue weighted by Gasteiger charge is -2.00. The minimum absolute atomic E-state index is 0.0807. The van der Waals surface area contributed by atoms with Crippen molar-refractivity contribution >= 4 is 5.97 Å². The van der Waals surface area contributed by atoms with Crippen LogP contribution in [0.3, 0.4) is 0 Å². The van der Waals surface area contributed by atoms with Crippen LogP contribution in [-0.2, 0) is 0 Å². The highest BCUT2D eigenvalue weighted by atomic mass is 19.1. The largest absolute Gasteiger partial charge is 0.478 e. The van der Waals surface area contributed by atoms with E-state index < -0.39 is 11.8 Å².